The standard InChI is InChI=1S/C8H18N4S.ClH/c1-2-3-4-5-6-12-8(11)13-7(9)10;/h2-6H2,1H3,(H3,9,10)(H2,11,12);1H. The smallest absolute Gasteiger partial charge is 0.161 e. The molecule has 0 aliphatic heterocycles. The van der Waals surface area contributed by atoms with Crippen LogP contribution >= 0.6 is 24.2 Å². The Morgan fingerprint density at radius 2 is 1.93 bits per heavy atom. The van der Waals surface area contributed by atoms with Gasteiger partial charge in [0.2, 0.25) is 0 Å². The van der Waals surface area contributed by atoms with E-state index in [1.807, 2.05) is 0 Å². The van der Waals surface area contributed by atoms with Crippen LogP contribution in [0.25, 0.3) is 0 Å². The van der Waals surface area contributed by atoms with Crippen molar-refractivity contribution >= 4 is 34.5 Å². The highest BCUT2D eigenvalue weighted by Crippen LogP contribution is 2.01. The Kier molecular flexibility index (Phi) is 12.2. The SMILES string of the molecule is CCCCCCN=C(N)SC(=N)N.Cl. The van der Waals surface area contributed by atoms with Crippen LogP contribution in [0.3, 0.4) is 0 Å². The van der Waals surface area contributed by atoms with E-state index >= 15 is 0 Å². The van der Waals surface area contributed by atoms with Crippen molar-refractivity contribution in [3.05, 3.63) is 0 Å². The summed E-state index contributed by atoms with van der Waals surface area (Å²) in [4.78, 5) is 4.07. The number of halogens is 1. The van der Waals surface area contributed by atoms with Crippen LogP contribution < -0.4 is 11.5 Å². The van der Waals surface area contributed by atoms with Gasteiger partial charge in [-0.25, -0.2) is 0 Å². The van der Waals surface area contributed by atoms with Crippen LogP contribution in [0.5, 0.6) is 0 Å². The van der Waals surface area contributed by atoms with Gasteiger partial charge >= 0.3 is 0 Å². The van der Waals surface area contributed by atoms with E-state index in [4.69, 9.17) is 16.9 Å². The fourth-order valence-corrected chi connectivity index (χ4v) is 1.25. The van der Waals surface area contributed by atoms with Gasteiger partial charge in [0.15, 0.2) is 10.3 Å². The molecule has 14 heavy (non-hydrogen) atoms. The Labute approximate surface area is 95.8 Å². The largest absolute Gasteiger partial charge is 0.378 e. The second-order valence-corrected chi connectivity index (χ2v) is 3.81. The lowest BCUT2D eigenvalue weighted by Gasteiger charge is -1.98. The van der Waals surface area contributed by atoms with Gasteiger partial charge in [-0.2, -0.15) is 0 Å². The van der Waals surface area contributed by atoms with Crippen molar-refractivity contribution in [3.8, 4) is 0 Å². The van der Waals surface area contributed by atoms with Crippen molar-refractivity contribution in [2.24, 2.45) is 16.5 Å². The molecule has 84 valence electrons. The zero-order chi connectivity index (χ0) is 10.1. The summed E-state index contributed by atoms with van der Waals surface area (Å²) in [7, 11) is 0. The quantitative estimate of drug-likeness (QED) is 0.389. The highest BCUT2D eigenvalue weighted by molar-refractivity contribution is 8.26. The van der Waals surface area contributed by atoms with Gasteiger partial charge in [-0.05, 0) is 18.2 Å². The van der Waals surface area contributed by atoms with E-state index in [-0.39, 0.29) is 17.6 Å². The topological polar surface area (TPSA) is 88.2 Å². The van der Waals surface area contributed by atoms with Crippen molar-refractivity contribution in [2.75, 3.05) is 6.54 Å². The molecule has 6 heteroatoms. The average Bonchev–Trinajstić information content (AvgIpc) is 2.02. The molecule has 0 aromatic heterocycles. The van der Waals surface area contributed by atoms with E-state index in [2.05, 4.69) is 11.9 Å². The number of thioether (sulfide) groups is 1. The lowest BCUT2D eigenvalue weighted by Crippen LogP contribution is -2.15. The van der Waals surface area contributed by atoms with Crippen LogP contribution in [-0.2, 0) is 0 Å². The Hall–Kier alpha value is -0.420. The van der Waals surface area contributed by atoms with Crippen molar-refractivity contribution in [3.63, 3.8) is 0 Å². The predicted octanol–water partition coefficient (Wildman–Crippen LogP) is 1.93. The third-order valence-electron chi connectivity index (χ3n) is 1.49. The first-order valence-corrected chi connectivity index (χ1v) is 5.30. The molecule has 0 aromatic carbocycles. The Morgan fingerprint density at radius 1 is 1.29 bits per heavy atom. The number of hydrogen-bond donors (Lipinski definition) is 3. The molecule has 0 amide bonds. The maximum atomic E-state index is 6.95. The van der Waals surface area contributed by atoms with Gasteiger partial charge in [-0.15, -0.1) is 12.4 Å². The van der Waals surface area contributed by atoms with Gasteiger partial charge < -0.3 is 11.5 Å². The minimum atomic E-state index is -0.00481. The molecule has 0 saturated carbocycles. The van der Waals surface area contributed by atoms with Crippen LogP contribution in [0.1, 0.15) is 32.6 Å². The average molecular weight is 239 g/mol. The summed E-state index contributed by atoms with van der Waals surface area (Å²) in [5.74, 6) is 0. The molecule has 0 radical (unpaired) electrons. The van der Waals surface area contributed by atoms with E-state index in [1.54, 1.807) is 0 Å². The molecule has 0 rings (SSSR count). The van der Waals surface area contributed by atoms with Gasteiger partial charge in [0.1, 0.15) is 0 Å². The van der Waals surface area contributed by atoms with Crippen LogP contribution in [0.15, 0.2) is 4.99 Å². The first-order chi connectivity index (χ1) is 6.16. The molecular weight excluding hydrogens is 220 g/mol. The minimum Gasteiger partial charge on any atom is -0.378 e. The van der Waals surface area contributed by atoms with Gasteiger partial charge in [0, 0.05) is 6.54 Å². The number of unbranched alkanes of at least 4 members (excludes halogenated alkanes) is 3. The van der Waals surface area contributed by atoms with Gasteiger partial charge in [0.25, 0.3) is 0 Å². The molecule has 0 aromatic rings. The number of nitrogens with two attached hydrogens (primary N) is 2. The summed E-state index contributed by atoms with van der Waals surface area (Å²) in [5.41, 5.74) is 10.6. The molecule has 0 bridgehead atoms. The summed E-state index contributed by atoms with van der Waals surface area (Å²) >= 11 is 1.01. The first kappa shape index (κ1) is 16.0. The Balaban J connectivity index is 0. The molecule has 5 N–H and O–H groups in total. The third kappa shape index (κ3) is 11.6. The number of nitrogens with zero attached hydrogens (tertiary/aromatic N) is 1. The summed E-state index contributed by atoms with van der Waals surface area (Å²) in [6.07, 6.45) is 4.72. The minimum absolute atomic E-state index is 0. The number of aliphatic imine (C=N–C) groups is 1. The van der Waals surface area contributed by atoms with Crippen LogP contribution in [0.4, 0.5) is 0 Å². The molecule has 0 aliphatic carbocycles. The van der Waals surface area contributed by atoms with E-state index < -0.39 is 0 Å². The molecular formula is C8H19ClN4S. The van der Waals surface area contributed by atoms with E-state index in [9.17, 15) is 0 Å². The lowest BCUT2D eigenvalue weighted by atomic mass is 10.2. The van der Waals surface area contributed by atoms with Crippen molar-refractivity contribution in [1.29, 1.82) is 5.41 Å². The highest BCUT2D eigenvalue weighted by Gasteiger charge is 1.95. The molecule has 0 unspecified atom stereocenters. The second-order valence-electron chi connectivity index (χ2n) is 2.75. The normalized spacial score (nSPS) is 10.8. The fraction of sp³-hybridized carbons (Fsp3) is 0.750. The lowest BCUT2D eigenvalue weighted by molar-refractivity contribution is 0.675. The zero-order valence-corrected chi connectivity index (χ0v) is 10.1. The van der Waals surface area contributed by atoms with Crippen molar-refractivity contribution < 1.29 is 0 Å². The molecule has 0 heterocycles. The van der Waals surface area contributed by atoms with Crippen LogP contribution in [0, 0.1) is 5.41 Å². The second kappa shape index (κ2) is 10.7. The van der Waals surface area contributed by atoms with Crippen LogP contribution in [0.2, 0.25) is 0 Å². The number of hydrogen-bond acceptors (Lipinski definition) is 3. The molecule has 0 saturated heterocycles. The Bertz CT molecular complexity index is 184. The number of rotatable bonds is 5. The van der Waals surface area contributed by atoms with Crippen LogP contribution in [-0.4, -0.2) is 16.9 Å². The first-order valence-electron chi connectivity index (χ1n) is 4.48. The fourth-order valence-electron chi connectivity index (χ4n) is 0.873. The monoisotopic (exact) mass is 238 g/mol. The molecule has 0 spiro atoms. The number of amidine groups is 2. The summed E-state index contributed by atoms with van der Waals surface area (Å²) in [6, 6.07) is 0. The zero-order valence-electron chi connectivity index (χ0n) is 8.45. The molecule has 0 aliphatic rings. The van der Waals surface area contributed by atoms with E-state index in [0.717, 1.165) is 24.7 Å². The number of nitrogens with one attached hydrogen (secondary N) is 1. The van der Waals surface area contributed by atoms with Crippen molar-refractivity contribution in [2.45, 2.75) is 32.6 Å². The van der Waals surface area contributed by atoms with Gasteiger partial charge in [0.05, 0.1) is 0 Å². The van der Waals surface area contributed by atoms with Gasteiger partial charge in [-0.3, -0.25) is 10.4 Å². The molecule has 0 atom stereocenters. The highest BCUT2D eigenvalue weighted by atomic mass is 35.5. The predicted molar refractivity (Wildman–Crippen MR) is 67.4 cm³/mol. The summed E-state index contributed by atoms with van der Waals surface area (Å²) in [6.45, 7) is 2.91. The molecule has 4 nitrogen and oxygen atoms in total. The maximum absolute atomic E-state index is 6.95. The Morgan fingerprint density at radius 3 is 2.43 bits per heavy atom. The van der Waals surface area contributed by atoms with Crippen molar-refractivity contribution in [1.82, 2.24) is 0 Å². The molecule has 0 fully saturated rings. The van der Waals surface area contributed by atoms with E-state index in [1.165, 1.54) is 19.3 Å². The summed E-state index contributed by atoms with van der Waals surface area (Å²) in [5, 5.41) is 7.34. The maximum Gasteiger partial charge on any atom is 0.161 e. The van der Waals surface area contributed by atoms with E-state index in [0.29, 0.717) is 5.17 Å². The third-order valence-corrected chi connectivity index (χ3v) is 2.05. The summed E-state index contributed by atoms with van der Waals surface area (Å²) < 4.78 is 0. The van der Waals surface area contributed by atoms with Gasteiger partial charge in [-0.1, -0.05) is 26.2 Å².